The fourth-order valence-corrected chi connectivity index (χ4v) is 6.72. The third-order valence-electron chi connectivity index (χ3n) is 8.16. The fourth-order valence-electron chi connectivity index (χ4n) is 6.72. The van der Waals surface area contributed by atoms with Crippen LogP contribution in [0.5, 0.6) is 5.75 Å². The van der Waals surface area contributed by atoms with Crippen LogP contribution in [0.15, 0.2) is 48.5 Å². The number of hydrogen-bond donors (Lipinski definition) is 2. The molecule has 5 rings (SSSR count). The summed E-state index contributed by atoms with van der Waals surface area (Å²) in [5.74, 6) is 0.859. The van der Waals surface area contributed by atoms with Gasteiger partial charge in [-0.15, -0.1) is 0 Å². The van der Waals surface area contributed by atoms with E-state index in [1.807, 2.05) is 12.1 Å². The van der Waals surface area contributed by atoms with Crippen LogP contribution in [0.2, 0.25) is 0 Å². The Balaban J connectivity index is 1.46. The first kappa shape index (κ1) is 20.1. The van der Waals surface area contributed by atoms with Crippen LogP contribution in [0.25, 0.3) is 0 Å². The van der Waals surface area contributed by atoms with Crippen LogP contribution in [-0.2, 0) is 18.3 Å². The van der Waals surface area contributed by atoms with Crippen molar-refractivity contribution in [2.45, 2.75) is 68.8 Å². The molecule has 2 aliphatic carbocycles. The summed E-state index contributed by atoms with van der Waals surface area (Å²) < 4.78 is 0. The number of aromatic hydroxyl groups is 1. The van der Waals surface area contributed by atoms with Gasteiger partial charge in [0.1, 0.15) is 5.75 Å². The van der Waals surface area contributed by atoms with Gasteiger partial charge in [0.2, 0.25) is 0 Å². The Hall–Kier alpha value is -1.84. The SMILES string of the molecule is Oc1ccc2c(c1)CC[C@@H]1C[C@@](O)(CN3CCCCC3)CC[C@@]21Cc1ccccc1. The number of β-amino-alcohol motifs (C(OH)–C–C–N with tert-alkyl or cyclic N) is 1. The number of phenols is 1. The first-order valence-corrected chi connectivity index (χ1v) is 11.9. The van der Waals surface area contributed by atoms with Gasteiger partial charge in [0.05, 0.1) is 5.60 Å². The molecule has 1 saturated carbocycles. The van der Waals surface area contributed by atoms with Gasteiger partial charge in [-0.25, -0.2) is 0 Å². The predicted molar refractivity (Wildman–Crippen MR) is 121 cm³/mol. The van der Waals surface area contributed by atoms with Crippen molar-refractivity contribution in [2.75, 3.05) is 19.6 Å². The zero-order valence-corrected chi connectivity index (χ0v) is 18.0. The number of phenolic OH excluding ortho intramolecular Hbond substituents is 1. The average molecular weight is 406 g/mol. The van der Waals surface area contributed by atoms with E-state index in [2.05, 4.69) is 41.3 Å². The molecule has 30 heavy (non-hydrogen) atoms. The number of hydrogen-bond acceptors (Lipinski definition) is 3. The minimum atomic E-state index is -0.559. The molecule has 2 aromatic carbocycles. The molecule has 3 nitrogen and oxygen atoms in total. The van der Waals surface area contributed by atoms with Gasteiger partial charge in [-0.05, 0) is 99.2 Å². The van der Waals surface area contributed by atoms with Crippen LogP contribution in [-0.4, -0.2) is 40.3 Å². The first-order chi connectivity index (χ1) is 14.6. The number of piperidine rings is 1. The van der Waals surface area contributed by atoms with Crippen LogP contribution in [0.1, 0.15) is 61.6 Å². The topological polar surface area (TPSA) is 43.7 Å². The molecule has 0 unspecified atom stereocenters. The van der Waals surface area contributed by atoms with E-state index in [9.17, 15) is 10.2 Å². The van der Waals surface area contributed by atoms with Crippen molar-refractivity contribution in [1.29, 1.82) is 0 Å². The number of benzene rings is 2. The highest BCUT2D eigenvalue weighted by Gasteiger charge is 2.51. The molecule has 1 heterocycles. The molecule has 3 heteroatoms. The zero-order valence-electron chi connectivity index (χ0n) is 18.0. The summed E-state index contributed by atoms with van der Waals surface area (Å²) in [4.78, 5) is 2.50. The summed E-state index contributed by atoms with van der Waals surface area (Å²) in [7, 11) is 0. The number of fused-ring (bicyclic) bond motifs is 3. The fraction of sp³-hybridized carbons (Fsp3) is 0.556. The summed E-state index contributed by atoms with van der Waals surface area (Å²) in [5.41, 5.74) is 3.61. The van der Waals surface area contributed by atoms with Crippen LogP contribution in [0.4, 0.5) is 0 Å². The van der Waals surface area contributed by atoms with Gasteiger partial charge in [-0.3, -0.25) is 0 Å². The van der Waals surface area contributed by atoms with Crippen LogP contribution < -0.4 is 0 Å². The zero-order chi connectivity index (χ0) is 20.6. The van der Waals surface area contributed by atoms with Crippen molar-refractivity contribution < 1.29 is 10.2 Å². The van der Waals surface area contributed by atoms with E-state index in [4.69, 9.17) is 0 Å². The summed E-state index contributed by atoms with van der Waals surface area (Å²) in [6, 6.07) is 16.9. The lowest BCUT2D eigenvalue weighted by atomic mass is 9.52. The normalized spacial score (nSPS) is 31.7. The Bertz CT molecular complexity index is 876. The second-order valence-electron chi connectivity index (χ2n) is 10.2. The summed E-state index contributed by atoms with van der Waals surface area (Å²) in [5, 5.41) is 21.7. The number of rotatable bonds is 4. The second-order valence-corrected chi connectivity index (χ2v) is 10.2. The molecule has 3 atom stereocenters. The minimum Gasteiger partial charge on any atom is -0.508 e. The van der Waals surface area contributed by atoms with E-state index in [0.29, 0.717) is 11.7 Å². The van der Waals surface area contributed by atoms with Crippen LogP contribution in [0.3, 0.4) is 0 Å². The lowest BCUT2D eigenvalue weighted by molar-refractivity contribution is -0.0723. The van der Waals surface area contributed by atoms with Crippen LogP contribution in [0, 0.1) is 5.92 Å². The second kappa shape index (κ2) is 8.01. The van der Waals surface area contributed by atoms with Crippen molar-refractivity contribution in [1.82, 2.24) is 4.90 Å². The van der Waals surface area contributed by atoms with Gasteiger partial charge in [0.15, 0.2) is 0 Å². The molecule has 2 aromatic rings. The monoisotopic (exact) mass is 405 g/mol. The number of likely N-dealkylation sites (tertiary alicyclic amines) is 1. The third-order valence-corrected chi connectivity index (χ3v) is 8.16. The van der Waals surface area contributed by atoms with E-state index in [1.54, 1.807) is 0 Å². The van der Waals surface area contributed by atoms with E-state index < -0.39 is 5.60 Å². The summed E-state index contributed by atoms with van der Waals surface area (Å²) in [6.07, 6.45) is 9.80. The Morgan fingerprint density at radius 1 is 0.967 bits per heavy atom. The Morgan fingerprint density at radius 3 is 2.57 bits per heavy atom. The Labute approximate surface area is 180 Å². The first-order valence-electron chi connectivity index (χ1n) is 11.9. The van der Waals surface area contributed by atoms with Gasteiger partial charge in [-0.1, -0.05) is 42.8 Å². The van der Waals surface area contributed by atoms with Gasteiger partial charge >= 0.3 is 0 Å². The van der Waals surface area contributed by atoms with Crippen molar-refractivity contribution in [2.24, 2.45) is 5.92 Å². The van der Waals surface area contributed by atoms with Gasteiger partial charge < -0.3 is 15.1 Å². The van der Waals surface area contributed by atoms with Crippen LogP contribution >= 0.6 is 0 Å². The highest BCUT2D eigenvalue weighted by Crippen LogP contribution is 2.54. The molecular weight excluding hydrogens is 370 g/mol. The van der Waals surface area contributed by atoms with E-state index in [-0.39, 0.29) is 5.41 Å². The molecule has 0 spiro atoms. The van der Waals surface area contributed by atoms with Gasteiger partial charge in [0, 0.05) is 12.0 Å². The van der Waals surface area contributed by atoms with E-state index in [0.717, 1.165) is 58.2 Å². The Kier molecular flexibility index (Phi) is 5.37. The lowest BCUT2D eigenvalue weighted by Crippen LogP contribution is -2.55. The summed E-state index contributed by atoms with van der Waals surface area (Å²) in [6.45, 7) is 3.13. The van der Waals surface area contributed by atoms with Gasteiger partial charge in [0.25, 0.3) is 0 Å². The average Bonchev–Trinajstić information content (AvgIpc) is 2.75. The third kappa shape index (κ3) is 3.78. The molecule has 0 bridgehead atoms. The number of nitrogens with zero attached hydrogens (tertiary/aromatic N) is 1. The quantitative estimate of drug-likeness (QED) is 0.765. The number of aryl methyl sites for hydroxylation is 1. The largest absolute Gasteiger partial charge is 0.508 e. The highest BCUT2D eigenvalue weighted by atomic mass is 16.3. The highest BCUT2D eigenvalue weighted by molar-refractivity contribution is 5.44. The molecule has 2 fully saturated rings. The molecule has 160 valence electrons. The molecular formula is C27H35NO2. The van der Waals surface area contributed by atoms with Gasteiger partial charge in [-0.2, -0.15) is 0 Å². The molecule has 0 amide bonds. The smallest absolute Gasteiger partial charge is 0.115 e. The van der Waals surface area contributed by atoms with E-state index in [1.165, 1.54) is 36.0 Å². The number of aliphatic hydroxyl groups is 1. The van der Waals surface area contributed by atoms with Crippen molar-refractivity contribution in [3.63, 3.8) is 0 Å². The molecule has 1 aliphatic heterocycles. The van der Waals surface area contributed by atoms with Crippen molar-refractivity contribution in [3.8, 4) is 5.75 Å². The Morgan fingerprint density at radius 2 is 1.77 bits per heavy atom. The minimum absolute atomic E-state index is 0.0662. The molecule has 3 aliphatic rings. The lowest BCUT2D eigenvalue weighted by Gasteiger charge is -2.54. The summed E-state index contributed by atoms with van der Waals surface area (Å²) >= 11 is 0. The van der Waals surface area contributed by atoms with Crippen molar-refractivity contribution >= 4 is 0 Å². The standard InChI is InChI=1S/C27H35NO2/c29-24-11-12-25-22(17-24)9-10-23-19-26(30,20-28-15-5-2-6-16-28)13-14-27(23,25)18-21-7-3-1-4-8-21/h1,3-4,7-8,11-12,17,23,29-30H,2,5-6,9-10,13-16,18-20H2/t23-,26-,27+/m1/s1. The molecule has 2 N–H and O–H groups in total. The molecule has 1 saturated heterocycles. The van der Waals surface area contributed by atoms with Crippen molar-refractivity contribution in [3.05, 3.63) is 65.2 Å². The molecule has 0 aromatic heterocycles. The predicted octanol–water partition coefficient (Wildman–Crippen LogP) is 4.84. The maximum Gasteiger partial charge on any atom is 0.115 e. The maximum absolute atomic E-state index is 11.7. The molecule has 0 radical (unpaired) electrons. The maximum atomic E-state index is 11.7. The van der Waals surface area contributed by atoms with E-state index >= 15 is 0 Å².